The van der Waals surface area contributed by atoms with Crippen molar-refractivity contribution in [3.05, 3.63) is 67.0 Å². The highest BCUT2D eigenvalue weighted by Crippen LogP contribution is 2.25. The van der Waals surface area contributed by atoms with Crippen molar-refractivity contribution in [2.24, 2.45) is 0 Å². The number of nitro benzene ring substituents is 1. The van der Waals surface area contributed by atoms with E-state index in [0.717, 1.165) is 4.90 Å². The van der Waals surface area contributed by atoms with Crippen LogP contribution in [0.15, 0.2) is 44.9 Å². The average Bonchev–Trinajstić information content (AvgIpc) is 2.45. The lowest BCUT2D eigenvalue weighted by Crippen LogP contribution is -2.26. The molecular weight excluding hydrogens is 298 g/mol. The molecule has 9 heteroatoms. The molecule has 8 nitrogen and oxygen atoms in total. The fourth-order valence-corrected chi connectivity index (χ4v) is 2.46. The van der Waals surface area contributed by atoms with E-state index in [-0.39, 0.29) is 17.0 Å². The molecule has 1 atom stereocenters. The lowest BCUT2D eigenvalue weighted by atomic mass is 10.2. The van der Waals surface area contributed by atoms with Crippen LogP contribution < -0.4 is 11.2 Å². The molecule has 0 fully saturated rings. The number of aliphatic hydroxyl groups excluding tert-OH is 1. The van der Waals surface area contributed by atoms with Crippen molar-refractivity contribution in [2.45, 2.75) is 11.0 Å². The summed E-state index contributed by atoms with van der Waals surface area (Å²) in [6.07, 6.45) is 0.105. The van der Waals surface area contributed by atoms with Crippen molar-refractivity contribution in [3.8, 4) is 0 Å². The zero-order valence-electron chi connectivity index (χ0n) is 10.6. The molecular formula is C12H11N3O5S. The SMILES string of the molecule is O=c1[nH]cc(C(O)CSc2ccc([N+](=O)[O-])cc2)c(=O)[nH]1. The summed E-state index contributed by atoms with van der Waals surface area (Å²) < 4.78 is 0. The van der Waals surface area contributed by atoms with Crippen LogP contribution in [-0.4, -0.2) is 25.8 Å². The number of nitrogens with one attached hydrogen (secondary N) is 2. The minimum atomic E-state index is -1.06. The predicted octanol–water partition coefficient (Wildman–Crippen LogP) is 0.797. The third kappa shape index (κ3) is 3.80. The smallest absolute Gasteiger partial charge is 0.325 e. The van der Waals surface area contributed by atoms with Crippen LogP contribution in [0.3, 0.4) is 0 Å². The van der Waals surface area contributed by atoms with Crippen LogP contribution in [0, 0.1) is 10.1 Å². The number of hydrogen-bond acceptors (Lipinski definition) is 6. The van der Waals surface area contributed by atoms with Gasteiger partial charge in [0, 0.05) is 29.0 Å². The van der Waals surface area contributed by atoms with Crippen molar-refractivity contribution >= 4 is 17.4 Å². The first-order valence-corrected chi connectivity index (χ1v) is 6.83. The standard InChI is InChI=1S/C12H11N3O5S/c16-10(9-5-13-12(18)14-11(9)17)6-21-8-3-1-7(2-4-8)15(19)20/h1-5,10,16H,6H2,(H2,13,14,17,18). The topological polar surface area (TPSA) is 129 Å². The second kappa shape index (κ2) is 6.37. The molecule has 0 amide bonds. The Bertz CT molecular complexity index is 752. The Morgan fingerprint density at radius 3 is 2.52 bits per heavy atom. The van der Waals surface area contributed by atoms with Gasteiger partial charge in [-0.05, 0) is 12.1 Å². The lowest BCUT2D eigenvalue weighted by Gasteiger charge is -2.09. The van der Waals surface area contributed by atoms with Crippen molar-refractivity contribution in [1.82, 2.24) is 9.97 Å². The Labute approximate surface area is 122 Å². The summed E-state index contributed by atoms with van der Waals surface area (Å²) in [4.78, 5) is 37.4. The first kappa shape index (κ1) is 15.0. The number of H-pyrrole nitrogens is 2. The summed E-state index contributed by atoms with van der Waals surface area (Å²) in [5, 5.41) is 20.4. The molecule has 2 aromatic rings. The maximum Gasteiger partial charge on any atom is 0.325 e. The summed E-state index contributed by atoms with van der Waals surface area (Å²) in [6.45, 7) is 0. The molecule has 0 aliphatic carbocycles. The van der Waals surface area contributed by atoms with E-state index in [9.17, 15) is 24.8 Å². The number of hydrogen-bond donors (Lipinski definition) is 3. The van der Waals surface area contributed by atoms with Gasteiger partial charge in [-0.15, -0.1) is 11.8 Å². The molecule has 21 heavy (non-hydrogen) atoms. The van der Waals surface area contributed by atoms with Crippen LogP contribution >= 0.6 is 11.8 Å². The number of non-ortho nitro benzene ring substituents is 1. The molecule has 3 N–H and O–H groups in total. The zero-order valence-corrected chi connectivity index (χ0v) is 11.4. The molecule has 1 aromatic carbocycles. The van der Waals surface area contributed by atoms with Crippen molar-refractivity contribution in [3.63, 3.8) is 0 Å². The monoisotopic (exact) mass is 309 g/mol. The highest BCUT2D eigenvalue weighted by Gasteiger charge is 2.13. The van der Waals surface area contributed by atoms with E-state index in [0.29, 0.717) is 0 Å². The normalized spacial score (nSPS) is 12.0. The van der Waals surface area contributed by atoms with Gasteiger partial charge in [0.15, 0.2) is 0 Å². The van der Waals surface area contributed by atoms with E-state index in [1.165, 1.54) is 30.1 Å². The largest absolute Gasteiger partial charge is 0.387 e. The van der Waals surface area contributed by atoms with Gasteiger partial charge in [0.2, 0.25) is 0 Å². The Hall–Kier alpha value is -2.39. The van der Waals surface area contributed by atoms with Gasteiger partial charge in [0.25, 0.3) is 11.2 Å². The Morgan fingerprint density at radius 1 is 1.29 bits per heavy atom. The number of nitro groups is 1. The first-order chi connectivity index (χ1) is 9.97. The van der Waals surface area contributed by atoms with E-state index in [1.54, 1.807) is 12.1 Å². The fourth-order valence-electron chi connectivity index (χ4n) is 1.60. The summed E-state index contributed by atoms with van der Waals surface area (Å²) in [7, 11) is 0. The third-order valence-corrected chi connectivity index (χ3v) is 3.75. The first-order valence-electron chi connectivity index (χ1n) is 5.84. The number of thioether (sulfide) groups is 1. The number of rotatable bonds is 5. The predicted molar refractivity (Wildman–Crippen MR) is 76.5 cm³/mol. The molecule has 0 bridgehead atoms. The van der Waals surface area contributed by atoms with Gasteiger partial charge < -0.3 is 10.1 Å². The quantitative estimate of drug-likeness (QED) is 0.425. The zero-order chi connectivity index (χ0) is 15.4. The van der Waals surface area contributed by atoms with E-state index in [1.807, 2.05) is 4.98 Å². The molecule has 0 saturated carbocycles. The molecule has 110 valence electrons. The highest BCUT2D eigenvalue weighted by atomic mass is 32.2. The molecule has 0 saturated heterocycles. The fraction of sp³-hybridized carbons (Fsp3) is 0.167. The van der Waals surface area contributed by atoms with Gasteiger partial charge in [0.05, 0.1) is 16.6 Å². The van der Waals surface area contributed by atoms with Gasteiger partial charge in [-0.3, -0.25) is 19.9 Å². The van der Waals surface area contributed by atoms with Crippen LogP contribution in [0.4, 0.5) is 5.69 Å². The maximum absolute atomic E-state index is 11.5. The van der Waals surface area contributed by atoms with E-state index < -0.39 is 22.3 Å². The molecule has 2 rings (SSSR count). The molecule has 0 spiro atoms. The van der Waals surface area contributed by atoms with E-state index >= 15 is 0 Å². The number of aromatic nitrogens is 2. The van der Waals surface area contributed by atoms with E-state index in [4.69, 9.17) is 0 Å². The second-order valence-corrected chi connectivity index (χ2v) is 5.20. The Kier molecular flexibility index (Phi) is 4.55. The number of nitrogens with zero attached hydrogens (tertiary/aromatic N) is 1. The van der Waals surface area contributed by atoms with Crippen LogP contribution in [-0.2, 0) is 0 Å². The van der Waals surface area contributed by atoms with Crippen molar-refractivity contribution < 1.29 is 10.0 Å². The van der Waals surface area contributed by atoms with Gasteiger partial charge >= 0.3 is 5.69 Å². The van der Waals surface area contributed by atoms with Crippen LogP contribution in [0.5, 0.6) is 0 Å². The van der Waals surface area contributed by atoms with Crippen LogP contribution in [0.1, 0.15) is 11.7 Å². The Balaban J connectivity index is 2.03. The molecule has 0 radical (unpaired) electrons. The van der Waals surface area contributed by atoms with Crippen molar-refractivity contribution in [2.75, 3.05) is 5.75 Å². The summed E-state index contributed by atoms with van der Waals surface area (Å²) in [5.41, 5.74) is -1.24. The second-order valence-electron chi connectivity index (χ2n) is 4.11. The maximum atomic E-state index is 11.5. The summed E-state index contributed by atoms with van der Waals surface area (Å²) in [6, 6.07) is 5.85. The van der Waals surface area contributed by atoms with Crippen LogP contribution in [0.25, 0.3) is 0 Å². The van der Waals surface area contributed by atoms with Gasteiger partial charge in [-0.2, -0.15) is 0 Å². The third-order valence-electron chi connectivity index (χ3n) is 2.66. The summed E-state index contributed by atoms with van der Waals surface area (Å²) in [5.74, 6) is 0.174. The average molecular weight is 309 g/mol. The molecule has 0 aliphatic heterocycles. The highest BCUT2D eigenvalue weighted by molar-refractivity contribution is 7.99. The number of aromatic amines is 2. The number of benzene rings is 1. The molecule has 1 heterocycles. The molecule has 0 aliphatic rings. The minimum absolute atomic E-state index is 0.0167. The summed E-state index contributed by atoms with van der Waals surface area (Å²) >= 11 is 1.24. The van der Waals surface area contributed by atoms with E-state index in [2.05, 4.69) is 4.98 Å². The van der Waals surface area contributed by atoms with Gasteiger partial charge in [0.1, 0.15) is 0 Å². The minimum Gasteiger partial charge on any atom is -0.387 e. The number of aliphatic hydroxyl groups is 1. The van der Waals surface area contributed by atoms with Crippen molar-refractivity contribution in [1.29, 1.82) is 0 Å². The van der Waals surface area contributed by atoms with Crippen LogP contribution in [0.2, 0.25) is 0 Å². The van der Waals surface area contributed by atoms with Gasteiger partial charge in [-0.25, -0.2) is 4.79 Å². The molecule has 1 aromatic heterocycles. The lowest BCUT2D eigenvalue weighted by molar-refractivity contribution is -0.384. The molecule has 1 unspecified atom stereocenters. The Morgan fingerprint density at radius 2 is 1.95 bits per heavy atom. The van der Waals surface area contributed by atoms with Gasteiger partial charge in [-0.1, -0.05) is 0 Å².